The molecule has 0 unspecified atom stereocenters. The van der Waals surface area contributed by atoms with Crippen molar-refractivity contribution in [2.24, 2.45) is 4.99 Å². The molecule has 162 valence electrons. The Morgan fingerprint density at radius 3 is 2.03 bits per heavy atom. The van der Waals surface area contributed by atoms with E-state index in [0.29, 0.717) is 11.8 Å². The third-order valence-electron chi connectivity index (χ3n) is 5.25. The zero-order valence-electron chi connectivity index (χ0n) is 20.1. The lowest BCUT2D eigenvalue weighted by atomic mass is 9.87. The summed E-state index contributed by atoms with van der Waals surface area (Å²) in [6.45, 7) is 19.4. The summed E-state index contributed by atoms with van der Waals surface area (Å²) in [5.74, 6) is 1.07. The Kier molecular flexibility index (Phi) is 7.52. The van der Waals surface area contributed by atoms with Crippen molar-refractivity contribution < 1.29 is 5.11 Å². The van der Waals surface area contributed by atoms with Gasteiger partial charge in [-0.3, -0.25) is 4.99 Å². The SMILES string of the molecule is CC(/C=C(\C)Nc1cc(C(C)(C)C)ccc1O)=Nc1c(C(C)C)cccc1C(C)C. The number of anilines is 1. The van der Waals surface area contributed by atoms with Crippen LogP contribution in [-0.4, -0.2) is 10.8 Å². The van der Waals surface area contributed by atoms with Gasteiger partial charge in [0.2, 0.25) is 0 Å². The fourth-order valence-corrected chi connectivity index (χ4v) is 3.51. The van der Waals surface area contributed by atoms with Gasteiger partial charge >= 0.3 is 0 Å². The molecule has 2 aromatic carbocycles. The smallest absolute Gasteiger partial charge is 0.139 e. The van der Waals surface area contributed by atoms with Gasteiger partial charge in [0.25, 0.3) is 0 Å². The lowest BCUT2D eigenvalue weighted by molar-refractivity contribution is 0.476. The van der Waals surface area contributed by atoms with Gasteiger partial charge in [-0.05, 0) is 66.0 Å². The maximum absolute atomic E-state index is 10.3. The first-order valence-corrected chi connectivity index (χ1v) is 10.9. The molecule has 2 aromatic rings. The van der Waals surface area contributed by atoms with Gasteiger partial charge in [-0.2, -0.15) is 0 Å². The largest absolute Gasteiger partial charge is 0.506 e. The molecule has 2 N–H and O–H groups in total. The zero-order chi connectivity index (χ0) is 22.6. The van der Waals surface area contributed by atoms with E-state index in [1.54, 1.807) is 6.07 Å². The first-order valence-electron chi connectivity index (χ1n) is 10.9. The van der Waals surface area contributed by atoms with Crippen molar-refractivity contribution in [2.75, 3.05) is 5.32 Å². The monoisotopic (exact) mass is 406 g/mol. The van der Waals surface area contributed by atoms with E-state index in [4.69, 9.17) is 4.99 Å². The molecule has 0 fully saturated rings. The molecule has 0 aliphatic rings. The highest BCUT2D eigenvalue weighted by molar-refractivity contribution is 5.96. The number of phenols is 1. The molecule has 0 heterocycles. The number of phenolic OH excluding ortho intramolecular Hbond substituents is 1. The lowest BCUT2D eigenvalue weighted by Gasteiger charge is -2.21. The molecular formula is C27H38N2O. The van der Waals surface area contributed by atoms with Crippen LogP contribution in [0.2, 0.25) is 0 Å². The van der Waals surface area contributed by atoms with Gasteiger partial charge in [-0.1, -0.05) is 72.7 Å². The number of aliphatic imine (C=N–C) groups is 1. The number of nitrogens with one attached hydrogen (secondary N) is 1. The number of rotatable bonds is 6. The van der Waals surface area contributed by atoms with Crippen LogP contribution < -0.4 is 5.32 Å². The summed E-state index contributed by atoms with van der Waals surface area (Å²) in [4.78, 5) is 5.00. The minimum Gasteiger partial charge on any atom is -0.506 e. The quantitative estimate of drug-likeness (QED) is 0.376. The van der Waals surface area contributed by atoms with Crippen LogP contribution in [-0.2, 0) is 5.41 Å². The molecule has 0 atom stereocenters. The van der Waals surface area contributed by atoms with E-state index in [9.17, 15) is 5.11 Å². The van der Waals surface area contributed by atoms with E-state index >= 15 is 0 Å². The van der Waals surface area contributed by atoms with Crippen LogP contribution in [0.15, 0.2) is 53.2 Å². The van der Waals surface area contributed by atoms with Crippen molar-refractivity contribution in [1.29, 1.82) is 0 Å². The van der Waals surface area contributed by atoms with Crippen LogP contribution in [0.25, 0.3) is 0 Å². The second kappa shape index (κ2) is 9.51. The van der Waals surface area contributed by atoms with Crippen molar-refractivity contribution in [3.63, 3.8) is 0 Å². The number of allylic oxidation sites excluding steroid dienone is 2. The van der Waals surface area contributed by atoms with Crippen molar-refractivity contribution in [3.8, 4) is 5.75 Å². The molecule has 0 amide bonds. The Morgan fingerprint density at radius 2 is 1.53 bits per heavy atom. The second-order valence-corrected chi connectivity index (χ2v) is 9.78. The normalized spacial score (nSPS) is 13.3. The standard InChI is InChI=1S/C27H38N2O/c1-17(2)22-11-10-12-23(18(3)4)26(22)29-20(6)15-19(5)28-24-16-21(27(7,8)9)13-14-25(24)30/h10-18,28,30H,1-9H3/b19-15+,29-20?. The molecule has 0 saturated carbocycles. The summed E-state index contributed by atoms with van der Waals surface area (Å²) < 4.78 is 0. The number of nitrogens with zero attached hydrogens (tertiary/aromatic N) is 1. The minimum absolute atomic E-state index is 0.0208. The third kappa shape index (κ3) is 5.98. The highest BCUT2D eigenvalue weighted by Crippen LogP contribution is 2.35. The van der Waals surface area contributed by atoms with Crippen LogP contribution in [0.3, 0.4) is 0 Å². The third-order valence-corrected chi connectivity index (χ3v) is 5.25. The van der Waals surface area contributed by atoms with Crippen molar-refractivity contribution >= 4 is 17.1 Å². The Morgan fingerprint density at radius 1 is 0.967 bits per heavy atom. The van der Waals surface area contributed by atoms with E-state index in [-0.39, 0.29) is 11.2 Å². The van der Waals surface area contributed by atoms with Gasteiger partial charge < -0.3 is 10.4 Å². The molecule has 30 heavy (non-hydrogen) atoms. The van der Waals surface area contributed by atoms with Crippen LogP contribution in [0.1, 0.15) is 90.8 Å². The molecule has 0 radical (unpaired) electrons. The second-order valence-electron chi connectivity index (χ2n) is 9.78. The molecule has 3 nitrogen and oxygen atoms in total. The van der Waals surface area contributed by atoms with Gasteiger partial charge in [0.1, 0.15) is 5.75 Å². The Labute approximate surface area is 183 Å². The molecule has 0 aliphatic heterocycles. The van der Waals surface area contributed by atoms with E-state index in [1.165, 1.54) is 16.7 Å². The van der Waals surface area contributed by atoms with Crippen molar-refractivity contribution in [1.82, 2.24) is 0 Å². The number of hydrogen-bond donors (Lipinski definition) is 2. The van der Waals surface area contributed by atoms with Crippen LogP contribution >= 0.6 is 0 Å². The van der Waals surface area contributed by atoms with E-state index in [2.05, 4.69) is 72.0 Å². The van der Waals surface area contributed by atoms with Crippen molar-refractivity contribution in [2.45, 2.75) is 79.6 Å². The van der Waals surface area contributed by atoms with E-state index < -0.39 is 0 Å². The molecule has 0 spiro atoms. The Hall–Kier alpha value is -2.55. The highest BCUT2D eigenvalue weighted by atomic mass is 16.3. The van der Waals surface area contributed by atoms with Crippen molar-refractivity contribution in [3.05, 3.63) is 64.9 Å². The summed E-state index contributed by atoms with van der Waals surface area (Å²) >= 11 is 0. The number of hydrogen-bond acceptors (Lipinski definition) is 3. The summed E-state index contributed by atoms with van der Waals surface area (Å²) in [6.07, 6.45) is 2.03. The fraction of sp³-hybridized carbons (Fsp3) is 0.444. The maximum atomic E-state index is 10.3. The number of para-hydroxylation sites is 1. The molecule has 3 heteroatoms. The molecule has 0 bridgehead atoms. The van der Waals surface area contributed by atoms with Gasteiger partial charge in [-0.25, -0.2) is 0 Å². The highest BCUT2D eigenvalue weighted by Gasteiger charge is 2.16. The Balaban J connectivity index is 2.38. The lowest BCUT2D eigenvalue weighted by Crippen LogP contribution is -2.11. The predicted molar refractivity (Wildman–Crippen MR) is 132 cm³/mol. The predicted octanol–water partition coefficient (Wildman–Crippen LogP) is 8.04. The van der Waals surface area contributed by atoms with Crippen LogP contribution in [0.4, 0.5) is 11.4 Å². The molecule has 2 rings (SSSR count). The van der Waals surface area contributed by atoms with Gasteiger partial charge in [0.15, 0.2) is 0 Å². The summed E-state index contributed by atoms with van der Waals surface area (Å²) in [5, 5.41) is 13.6. The molecule has 0 saturated heterocycles. The molecule has 0 aromatic heterocycles. The van der Waals surface area contributed by atoms with Gasteiger partial charge in [-0.15, -0.1) is 0 Å². The fourth-order valence-electron chi connectivity index (χ4n) is 3.51. The van der Waals surface area contributed by atoms with Gasteiger partial charge in [0, 0.05) is 11.4 Å². The summed E-state index contributed by atoms with van der Waals surface area (Å²) in [7, 11) is 0. The minimum atomic E-state index is 0.0208. The number of aromatic hydroxyl groups is 1. The number of benzene rings is 2. The average Bonchev–Trinajstić information content (AvgIpc) is 2.62. The first-order chi connectivity index (χ1) is 13.9. The maximum Gasteiger partial charge on any atom is 0.139 e. The van der Waals surface area contributed by atoms with Gasteiger partial charge in [0.05, 0.1) is 11.4 Å². The topological polar surface area (TPSA) is 44.6 Å². The molecular weight excluding hydrogens is 368 g/mol. The molecule has 0 aliphatic carbocycles. The van der Waals surface area contributed by atoms with E-state index in [0.717, 1.165) is 22.8 Å². The summed E-state index contributed by atoms with van der Waals surface area (Å²) in [6, 6.07) is 12.2. The zero-order valence-corrected chi connectivity index (χ0v) is 20.1. The van der Waals surface area contributed by atoms with Crippen LogP contribution in [0.5, 0.6) is 5.75 Å². The van der Waals surface area contributed by atoms with Crippen LogP contribution in [0, 0.1) is 0 Å². The van der Waals surface area contributed by atoms with E-state index in [1.807, 2.05) is 32.1 Å². The average molecular weight is 407 g/mol. The Bertz CT molecular complexity index is 918. The first kappa shape index (κ1) is 23.7. The summed E-state index contributed by atoms with van der Waals surface area (Å²) in [5.41, 5.74) is 7.41.